The molecule has 2 rings (SSSR count). The third-order valence-corrected chi connectivity index (χ3v) is 2.61. The molecule has 0 bridgehead atoms. The van der Waals surface area contributed by atoms with Crippen LogP contribution in [0, 0.1) is 0 Å². The van der Waals surface area contributed by atoms with Crippen molar-refractivity contribution in [3.63, 3.8) is 0 Å². The second kappa shape index (κ2) is 3.54. The molecule has 3 N–H and O–H groups in total. The lowest BCUT2D eigenvalue weighted by atomic mass is 9.96. The Morgan fingerprint density at radius 3 is 2.80 bits per heavy atom. The van der Waals surface area contributed by atoms with Gasteiger partial charge in [-0.05, 0) is 44.0 Å². The van der Waals surface area contributed by atoms with E-state index in [-0.39, 0.29) is 5.54 Å². The second-order valence-corrected chi connectivity index (χ2v) is 5.11. The predicted octanol–water partition coefficient (Wildman–Crippen LogP) is 3.10. The van der Waals surface area contributed by atoms with Crippen LogP contribution in [0.15, 0.2) is 24.4 Å². The fraction of sp³-hybridized carbons (Fsp3) is 0.333. The summed E-state index contributed by atoms with van der Waals surface area (Å²) in [7, 11) is 0. The summed E-state index contributed by atoms with van der Waals surface area (Å²) in [4.78, 5) is 3.22. The number of fused-ring (bicyclic) bond motifs is 1. The standard InChI is InChI=1S/C12H15ClN2/c1-12(2,14)6-8-7-15-11-4-3-9(13)5-10(8)11/h3-5,7,15H,6,14H2,1-2H3. The van der Waals surface area contributed by atoms with Crippen LogP contribution < -0.4 is 5.73 Å². The molecule has 0 unspecified atom stereocenters. The molecule has 0 atom stereocenters. The summed E-state index contributed by atoms with van der Waals surface area (Å²) in [5.41, 5.74) is 8.14. The van der Waals surface area contributed by atoms with Crippen molar-refractivity contribution >= 4 is 22.5 Å². The average Bonchev–Trinajstić information content (AvgIpc) is 2.46. The first-order valence-corrected chi connectivity index (χ1v) is 5.38. The highest BCUT2D eigenvalue weighted by molar-refractivity contribution is 6.31. The van der Waals surface area contributed by atoms with Crippen molar-refractivity contribution in [2.75, 3.05) is 0 Å². The molecular formula is C12H15ClN2. The van der Waals surface area contributed by atoms with Gasteiger partial charge in [0.1, 0.15) is 0 Å². The SMILES string of the molecule is CC(C)(N)Cc1c[nH]c2ccc(Cl)cc12. The molecule has 0 aliphatic heterocycles. The maximum atomic E-state index is 6.01. The van der Waals surface area contributed by atoms with Gasteiger partial charge in [-0.1, -0.05) is 11.6 Å². The minimum absolute atomic E-state index is 0.197. The zero-order chi connectivity index (χ0) is 11.1. The fourth-order valence-corrected chi connectivity index (χ4v) is 1.96. The van der Waals surface area contributed by atoms with Crippen LogP contribution in [0.5, 0.6) is 0 Å². The van der Waals surface area contributed by atoms with Gasteiger partial charge >= 0.3 is 0 Å². The minimum atomic E-state index is -0.197. The van der Waals surface area contributed by atoms with E-state index in [1.54, 1.807) is 0 Å². The highest BCUT2D eigenvalue weighted by atomic mass is 35.5. The van der Waals surface area contributed by atoms with Gasteiger partial charge in [-0.2, -0.15) is 0 Å². The molecule has 1 aromatic heterocycles. The number of H-pyrrole nitrogens is 1. The molecule has 0 aliphatic rings. The number of benzene rings is 1. The zero-order valence-corrected chi connectivity index (χ0v) is 9.73. The Morgan fingerprint density at radius 2 is 2.13 bits per heavy atom. The normalized spacial score (nSPS) is 12.3. The third-order valence-electron chi connectivity index (χ3n) is 2.38. The molecule has 1 aromatic carbocycles. The lowest BCUT2D eigenvalue weighted by molar-refractivity contribution is 0.518. The molecule has 0 saturated carbocycles. The molecular weight excluding hydrogens is 208 g/mol. The van der Waals surface area contributed by atoms with Crippen LogP contribution in [0.3, 0.4) is 0 Å². The van der Waals surface area contributed by atoms with Gasteiger partial charge in [0.15, 0.2) is 0 Å². The van der Waals surface area contributed by atoms with Gasteiger partial charge in [-0.25, -0.2) is 0 Å². The van der Waals surface area contributed by atoms with Gasteiger partial charge in [-0.15, -0.1) is 0 Å². The molecule has 0 saturated heterocycles. The smallest absolute Gasteiger partial charge is 0.0457 e. The van der Waals surface area contributed by atoms with Gasteiger partial charge in [0, 0.05) is 27.7 Å². The van der Waals surface area contributed by atoms with Crippen LogP contribution in [0.4, 0.5) is 0 Å². The van der Waals surface area contributed by atoms with Crippen molar-refractivity contribution < 1.29 is 0 Å². The Labute approximate surface area is 94.4 Å². The Balaban J connectivity index is 2.48. The van der Waals surface area contributed by atoms with Crippen molar-refractivity contribution in [2.45, 2.75) is 25.8 Å². The van der Waals surface area contributed by atoms with E-state index in [0.29, 0.717) is 0 Å². The molecule has 2 aromatic rings. The van der Waals surface area contributed by atoms with Crippen molar-refractivity contribution in [3.8, 4) is 0 Å². The van der Waals surface area contributed by atoms with Crippen molar-refractivity contribution in [3.05, 3.63) is 35.0 Å². The second-order valence-electron chi connectivity index (χ2n) is 4.67. The van der Waals surface area contributed by atoms with Gasteiger partial charge in [0.25, 0.3) is 0 Å². The van der Waals surface area contributed by atoms with Gasteiger partial charge in [0.05, 0.1) is 0 Å². The summed E-state index contributed by atoms with van der Waals surface area (Å²) >= 11 is 5.97. The maximum absolute atomic E-state index is 6.01. The third kappa shape index (κ3) is 2.33. The largest absolute Gasteiger partial charge is 0.361 e. The number of aromatic nitrogens is 1. The monoisotopic (exact) mass is 222 g/mol. The van der Waals surface area contributed by atoms with Crippen molar-refractivity contribution in [2.24, 2.45) is 5.73 Å². The first-order chi connectivity index (χ1) is 6.96. The van der Waals surface area contributed by atoms with Crippen LogP contribution >= 0.6 is 11.6 Å². The van der Waals surface area contributed by atoms with E-state index < -0.39 is 0 Å². The van der Waals surface area contributed by atoms with Crippen LogP contribution in [-0.4, -0.2) is 10.5 Å². The summed E-state index contributed by atoms with van der Waals surface area (Å²) in [6.07, 6.45) is 2.85. The van der Waals surface area contributed by atoms with E-state index in [4.69, 9.17) is 17.3 Å². The lowest BCUT2D eigenvalue weighted by Crippen LogP contribution is -2.34. The van der Waals surface area contributed by atoms with Crippen LogP contribution in [0.2, 0.25) is 5.02 Å². The Morgan fingerprint density at radius 1 is 1.40 bits per heavy atom. The van der Waals surface area contributed by atoms with Crippen LogP contribution in [0.25, 0.3) is 10.9 Å². The van der Waals surface area contributed by atoms with Gasteiger partial charge in [-0.3, -0.25) is 0 Å². The molecule has 1 heterocycles. The number of nitrogens with one attached hydrogen (secondary N) is 1. The number of aromatic amines is 1. The fourth-order valence-electron chi connectivity index (χ4n) is 1.79. The summed E-state index contributed by atoms with van der Waals surface area (Å²) in [5.74, 6) is 0. The average molecular weight is 223 g/mol. The molecule has 2 nitrogen and oxygen atoms in total. The molecule has 3 heteroatoms. The van der Waals surface area contributed by atoms with Gasteiger partial charge < -0.3 is 10.7 Å². The van der Waals surface area contributed by atoms with Crippen LogP contribution in [0.1, 0.15) is 19.4 Å². The summed E-state index contributed by atoms with van der Waals surface area (Å²) in [5, 5.41) is 1.93. The molecule has 0 amide bonds. The zero-order valence-electron chi connectivity index (χ0n) is 8.97. The number of hydrogen-bond acceptors (Lipinski definition) is 1. The molecule has 0 aliphatic carbocycles. The van der Waals surface area contributed by atoms with E-state index in [9.17, 15) is 0 Å². The summed E-state index contributed by atoms with van der Waals surface area (Å²) < 4.78 is 0. The highest BCUT2D eigenvalue weighted by Gasteiger charge is 2.14. The lowest BCUT2D eigenvalue weighted by Gasteiger charge is -2.17. The number of nitrogens with two attached hydrogens (primary N) is 1. The van der Waals surface area contributed by atoms with E-state index in [1.807, 2.05) is 38.2 Å². The molecule has 15 heavy (non-hydrogen) atoms. The predicted molar refractivity (Wildman–Crippen MR) is 65.3 cm³/mol. The summed E-state index contributed by atoms with van der Waals surface area (Å²) in [6, 6.07) is 5.86. The Bertz CT molecular complexity index is 480. The molecule has 0 fully saturated rings. The van der Waals surface area contributed by atoms with Crippen LogP contribution in [-0.2, 0) is 6.42 Å². The first-order valence-electron chi connectivity index (χ1n) is 5.00. The number of rotatable bonds is 2. The quantitative estimate of drug-likeness (QED) is 0.806. The van der Waals surface area contributed by atoms with E-state index in [2.05, 4.69) is 4.98 Å². The number of halogens is 1. The molecule has 0 spiro atoms. The topological polar surface area (TPSA) is 41.8 Å². The van der Waals surface area contributed by atoms with E-state index >= 15 is 0 Å². The maximum Gasteiger partial charge on any atom is 0.0457 e. The Kier molecular flexibility index (Phi) is 2.49. The summed E-state index contributed by atoms with van der Waals surface area (Å²) in [6.45, 7) is 4.05. The van der Waals surface area contributed by atoms with Gasteiger partial charge in [0.2, 0.25) is 0 Å². The van der Waals surface area contributed by atoms with E-state index in [0.717, 1.165) is 17.0 Å². The van der Waals surface area contributed by atoms with Crippen molar-refractivity contribution in [1.82, 2.24) is 4.98 Å². The highest BCUT2D eigenvalue weighted by Crippen LogP contribution is 2.24. The Hall–Kier alpha value is -0.990. The molecule has 0 radical (unpaired) electrons. The number of hydrogen-bond donors (Lipinski definition) is 2. The van der Waals surface area contributed by atoms with Crippen molar-refractivity contribution in [1.29, 1.82) is 0 Å². The van der Waals surface area contributed by atoms with E-state index in [1.165, 1.54) is 10.9 Å². The molecule has 80 valence electrons. The first kappa shape index (κ1) is 10.5. The minimum Gasteiger partial charge on any atom is -0.361 e.